The minimum absolute atomic E-state index is 0.0518. The second kappa shape index (κ2) is 8.55. The number of halogens is 1. The lowest BCUT2D eigenvalue weighted by atomic mass is 9.73. The van der Waals surface area contributed by atoms with E-state index in [1.807, 2.05) is 42.7 Å². The highest BCUT2D eigenvalue weighted by molar-refractivity contribution is 6.34. The van der Waals surface area contributed by atoms with Gasteiger partial charge in [0.2, 0.25) is 5.95 Å². The molecule has 2 aliphatic heterocycles. The molecule has 9 heteroatoms. The zero-order valence-corrected chi connectivity index (χ0v) is 21.3. The number of rotatable bonds is 3. The van der Waals surface area contributed by atoms with E-state index in [0.717, 1.165) is 71.9 Å². The number of fused-ring (bicyclic) bond motifs is 3. The van der Waals surface area contributed by atoms with Gasteiger partial charge >= 0.3 is 0 Å². The number of nitrogens with one attached hydrogen (secondary N) is 1. The van der Waals surface area contributed by atoms with E-state index >= 15 is 0 Å². The van der Waals surface area contributed by atoms with Crippen molar-refractivity contribution < 1.29 is 4.74 Å². The Kier molecular flexibility index (Phi) is 5.25. The maximum absolute atomic E-state index is 6.81. The fourth-order valence-electron chi connectivity index (χ4n) is 5.99. The van der Waals surface area contributed by atoms with Crippen LogP contribution >= 0.6 is 11.6 Å². The van der Waals surface area contributed by atoms with Crippen molar-refractivity contribution in [3.8, 4) is 22.4 Å². The van der Waals surface area contributed by atoms with Crippen LogP contribution < -0.4 is 10.6 Å². The third-order valence-electron chi connectivity index (χ3n) is 8.27. The Hall–Kier alpha value is -3.46. The van der Waals surface area contributed by atoms with Crippen molar-refractivity contribution in [3.63, 3.8) is 0 Å². The van der Waals surface area contributed by atoms with Crippen LogP contribution in [0.5, 0.6) is 0 Å². The molecule has 2 aromatic carbocycles. The summed E-state index contributed by atoms with van der Waals surface area (Å²) in [5.41, 5.74) is 11.9. The number of ether oxygens (including phenoxy) is 1. The summed E-state index contributed by atoms with van der Waals surface area (Å²) in [6, 6.07) is 16.4. The SMILES string of the molecule is C[C@@H]1OCC2(CCN(c3nc4n[nH]c(-c5ccc(-c6ccccc6)cc5Cl)c4c4nccn34)CC2)[C@@H]1N. The Morgan fingerprint density at radius 3 is 2.65 bits per heavy atom. The molecule has 1 spiro atoms. The summed E-state index contributed by atoms with van der Waals surface area (Å²) in [5.74, 6) is 0.846. The van der Waals surface area contributed by atoms with Crippen molar-refractivity contribution in [2.24, 2.45) is 11.1 Å². The van der Waals surface area contributed by atoms with E-state index in [2.05, 4.69) is 44.6 Å². The van der Waals surface area contributed by atoms with Gasteiger partial charge in [0.1, 0.15) is 0 Å². The van der Waals surface area contributed by atoms with Crippen molar-refractivity contribution in [1.29, 1.82) is 0 Å². The maximum atomic E-state index is 6.81. The molecular formula is C28H28ClN7O. The number of nitrogens with zero attached hydrogens (tertiary/aromatic N) is 5. The Bertz CT molecular complexity index is 1600. The van der Waals surface area contributed by atoms with Gasteiger partial charge in [0.05, 0.1) is 28.8 Å². The van der Waals surface area contributed by atoms with Crippen molar-refractivity contribution >= 4 is 34.2 Å². The third-order valence-corrected chi connectivity index (χ3v) is 8.58. The summed E-state index contributed by atoms with van der Waals surface area (Å²) >= 11 is 6.81. The van der Waals surface area contributed by atoms with Crippen LogP contribution in [-0.4, -0.2) is 56.4 Å². The van der Waals surface area contributed by atoms with E-state index in [1.165, 1.54) is 0 Å². The number of nitrogens with two attached hydrogens (primary N) is 1. The van der Waals surface area contributed by atoms with Crippen LogP contribution in [0.2, 0.25) is 5.02 Å². The predicted octanol–water partition coefficient (Wildman–Crippen LogP) is 4.93. The van der Waals surface area contributed by atoms with Crippen LogP contribution in [0.15, 0.2) is 60.9 Å². The quantitative estimate of drug-likeness (QED) is 0.355. The largest absolute Gasteiger partial charge is 0.376 e. The first-order valence-corrected chi connectivity index (χ1v) is 13.1. The van der Waals surface area contributed by atoms with E-state index in [9.17, 15) is 0 Å². The lowest BCUT2D eigenvalue weighted by Crippen LogP contribution is -2.51. The van der Waals surface area contributed by atoms with E-state index < -0.39 is 0 Å². The summed E-state index contributed by atoms with van der Waals surface area (Å²) in [4.78, 5) is 12.0. The summed E-state index contributed by atoms with van der Waals surface area (Å²) < 4.78 is 7.96. The number of piperidine rings is 1. The summed E-state index contributed by atoms with van der Waals surface area (Å²) in [6.07, 6.45) is 5.83. The van der Waals surface area contributed by atoms with Gasteiger partial charge in [-0.3, -0.25) is 9.50 Å². The van der Waals surface area contributed by atoms with Gasteiger partial charge in [-0.25, -0.2) is 4.98 Å². The van der Waals surface area contributed by atoms with Crippen LogP contribution in [0.3, 0.4) is 0 Å². The van der Waals surface area contributed by atoms with Crippen LogP contribution in [0.1, 0.15) is 19.8 Å². The van der Waals surface area contributed by atoms with E-state index in [-0.39, 0.29) is 17.6 Å². The zero-order chi connectivity index (χ0) is 25.1. The molecule has 188 valence electrons. The normalized spacial score (nSPS) is 21.4. The Labute approximate surface area is 219 Å². The van der Waals surface area contributed by atoms with Gasteiger partial charge in [-0.1, -0.05) is 54.1 Å². The average molecular weight is 514 g/mol. The molecule has 8 nitrogen and oxygen atoms in total. The van der Waals surface area contributed by atoms with Crippen LogP contribution in [0.4, 0.5) is 5.95 Å². The first kappa shape index (κ1) is 22.7. The number of benzene rings is 2. The van der Waals surface area contributed by atoms with Gasteiger partial charge < -0.3 is 15.4 Å². The first-order chi connectivity index (χ1) is 18.0. The molecule has 0 bridgehead atoms. The summed E-state index contributed by atoms with van der Waals surface area (Å²) in [7, 11) is 0. The molecule has 0 saturated carbocycles. The van der Waals surface area contributed by atoms with E-state index in [1.54, 1.807) is 0 Å². The van der Waals surface area contributed by atoms with Gasteiger partial charge in [-0.15, -0.1) is 0 Å². The van der Waals surface area contributed by atoms with Crippen molar-refractivity contribution in [3.05, 3.63) is 65.9 Å². The highest BCUT2D eigenvalue weighted by Crippen LogP contribution is 2.42. The van der Waals surface area contributed by atoms with Crippen molar-refractivity contribution in [2.75, 3.05) is 24.6 Å². The molecule has 2 atom stereocenters. The topological polar surface area (TPSA) is 97.4 Å². The highest BCUT2D eigenvalue weighted by atomic mass is 35.5. The molecule has 2 saturated heterocycles. The fraction of sp³-hybridized carbons (Fsp3) is 0.321. The van der Waals surface area contributed by atoms with Crippen LogP contribution in [-0.2, 0) is 4.74 Å². The zero-order valence-electron chi connectivity index (χ0n) is 20.6. The Morgan fingerprint density at radius 2 is 1.92 bits per heavy atom. The predicted molar refractivity (Wildman–Crippen MR) is 146 cm³/mol. The third kappa shape index (κ3) is 3.54. The highest BCUT2D eigenvalue weighted by Gasteiger charge is 2.47. The molecule has 0 aliphatic carbocycles. The van der Waals surface area contributed by atoms with Gasteiger partial charge in [0.15, 0.2) is 11.3 Å². The minimum Gasteiger partial charge on any atom is -0.376 e. The molecule has 0 radical (unpaired) electrons. The molecule has 5 aromatic rings. The van der Waals surface area contributed by atoms with Gasteiger partial charge in [-0.2, -0.15) is 10.1 Å². The monoisotopic (exact) mass is 513 g/mol. The molecule has 37 heavy (non-hydrogen) atoms. The average Bonchev–Trinajstić information content (AvgIpc) is 3.64. The number of aromatic amines is 1. The standard InChI is InChI=1S/C28H28ClN7O/c1-17-24(30)28(16-37-17)9-12-35(13-10-28)27-32-25-22(26-31-11-14-36(26)27)23(33-34-25)20-8-7-19(15-21(20)29)18-5-3-2-4-6-18/h2-8,11,14-15,17,24H,9-10,12-13,16,30H2,1H3,(H,33,34)/t17-,24+/m0/s1. The lowest BCUT2D eigenvalue weighted by Gasteiger charge is -2.41. The molecular weight excluding hydrogens is 486 g/mol. The first-order valence-electron chi connectivity index (χ1n) is 12.7. The molecule has 3 aromatic heterocycles. The maximum Gasteiger partial charge on any atom is 0.213 e. The molecule has 2 fully saturated rings. The second-order valence-electron chi connectivity index (χ2n) is 10.3. The van der Waals surface area contributed by atoms with Gasteiger partial charge in [-0.05, 0) is 37.0 Å². The van der Waals surface area contributed by atoms with Gasteiger partial charge in [0, 0.05) is 42.5 Å². The number of hydrogen-bond donors (Lipinski definition) is 2. The molecule has 5 heterocycles. The summed E-state index contributed by atoms with van der Waals surface area (Å²) in [5, 5.41) is 9.27. The second-order valence-corrected chi connectivity index (χ2v) is 10.7. The van der Waals surface area contributed by atoms with Crippen molar-refractivity contribution in [1.82, 2.24) is 24.6 Å². The Balaban J connectivity index is 1.25. The number of hydrogen-bond acceptors (Lipinski definition) is 6. The van der Waals surface area contributed by atoms with Crippen LogP contribution in [0.25, 0.3) is 39.1 Å². The lowest BCUT2D eigenvalue weighted by molar-refractivity contribution is 0.0973. The fourth-order valence-corrected chi connectivity index (χ4v) is 6.27. The Morgan fingerprint density at radius 1 is 1.11 bits per heavy atom. The molecule has 7 rings (SSSR count). The number of imidazole rings is 1. The minimum atomic E-state index is 0.0518. The van der Waals surface area contributed by atoms with E-state index in [0.29, 0.717) is 10.7 Å². The number of aromatic nitrogens is 5. The summed E-state index contributed by atoms with van der Waals surface area (Å²) in [6.45, 7) is 4.54. The number of anilines is 1. The molecule has 0 unspecified atom stereocenters. The smallest absolute Gasteiger partial charge is 0.213 e. The molecule has 3 N–H and O–H groups in total. The van der Waals surface area contributed by atoms with E-state index in [4.69, 9.17) is 32.0 Å². The molecule has 0 amide bonds. The molecule has 2 aliphatic rings. The van der Waals surface area contributed by atoms with Gasteiger partial charge in [0.25, 0.3) is 0 Å². The van der Waals surface area contributed by atoms with Crippen molar-refractivity contribution in [2.45, 2.75) is 31.9 Å². The van der Waals surface area contributed by atoms with Crippen LogP contribution in [0, 0.1) is 5.41 Å². The number of H-pyrrole nitrogens is 1.